The van der Waals surface area contributed by atoms with Crippen LogP contribution in [0.25, 0.3) is 5.76 Å². The number of aromatic nitrogens is 1. The number of hydrogen-bond acceptors (Lipinski definition) is 7. The molecule has 1 amide bonds. The Labute approximate surface area is 220 Å². The molecule has 190 valence electrons. The number of pyridine rings is 1. The number of ether oxygens (including phenoxy) is 1. The van der Waals surface area contributed by atoms with Crippen molar-refractivity contribution in [2.45, 2.75) is 6.04 Å². The lowest BCUT2D eigenvalue weighted by atomic mass is 9.96. The lowest BCUT2D eigenvalue weighted by Crippen LogP contribution is -2.44. The van der Waals surface area contributed by atoms with Gasteiger partial charge in [0.05, 0.1) is 24.3 Å². The van der Waals surface area contributed by atoms with Gasteiger partial charge in [-0.15, -0.1) is 0 Å². The van der Waals surface area contributed by atoms with Crippen LogP contribution >= 0.6 is 11.6 Å². The van der Waals surface area contributed by atoms with Crippen LogP contribution in [0.3, 0.4) is 0 Å². The summed E-state index contributed by atoms with van der Waals surface area (Å²) < 4.78 is 5.39. The molecule has 37 heavy (non-hydrogen) atoms. The number of carbonyl (C=O) groups is 2. The number of ketones is 1. The molecule has 2 aliphatic heterocycles. The molecule has 0 radical (unpaired) electrons. The molecule has 0 aliphatic carbocycles. The second-order valence-electron chi connectivity index (χ2n) is 9.11. The van der Waals surface area contributed by atoms with Crippen LogP contribution in [0.1, 0.15) is 17.2 Å². The molecule has 2 fully saturated rings. The number of amides is 1. The average molecular weight is 519 g/mol. The van der Waals surface area contributed by atoms with Gasteiger partial charge in [0.15, 0.2) is 0 Å². The first kappa shape index (κ1) is 24.8. The predicted molar refractivity (Wildman–Crippen MR) is 143 cm³/mol. The van der Waals surface area contributed by atoms with Crippen molar-refractivity contribution in [3.8, 4) is 5.75 Å². The van der Waals surface area contributed by atoms with E-state index >= 15 is 0 Å². The third kappa shape index (κ3) is 4.65. The minimum atomic E-state index is -0.883. The second kappa shape index (κ2) is 10.2. The number of piperazine rings is 1. The number of hydrogen-bond donors (Lipinski definition) is 1. The fourth-order valence-corrected chi connectivity index (χ4v) is 5.02. The molecule has 9 heteroatoms. The topological polar surface area (TPSA) is 86.2 Å². The molecule has 1 aromatic heterocycles. The van der Waals surface area contributed by atoms with Crippen molar-refractivity contribution in [2.75, 3.05) is 50.1 Å². The number of nitrogens with zero attached hydrogens (tertiary/aromatic N) is 4. The number of halogens is 1. The summed E-state index contributed by atoms with van der Waals surface area (Å²) in [5, 5.41) is 11.7. The Hall–Kier alpha value is -3.88. The predicted octanol–water partition coefficient (Wildman–Crippen LogP) is 4.12. The molecule has 1 unspecified atom stereocenters. The van der Waals surface area contributed by atoms with Gasteiger partial charge in [-0.25, -0.2) is 0 Å². The molecule has 3 aromatic rings. The summed E-state index contributed by atoms with van der Waals surface area (Å²) in [6.45, 7) is 3.78. The van der Waals surface area contributed by atoms with Gasteiger partial charge in [0.25, 0.3) is 11.7 Å². The van der Waals surface area contributed by atoms with E-state index in [-0.39, 0.29) is 16.9 Å². The summed E-state index contributed by atoms with van der Waals surface area (Å²) in [5.41, 5.74) is 2.36. The summed E-state index contributed by atoms with van der Waals surface area (Å²) in [6, 6.07) is 14.9. The van der Waals surface area contributed by atoms with Crippen LogP contribution in [0.15, 0.2) is 72.6 Å². The van der Waals surface area contributed by atoms with Crippen LogP contribution in [0.4, 0.5) is 11.4 Å². The minimum Gasteiger partial charge on any atom is -0.507 e. The van der Waals surface area contributed by atoms with Gasteiger partial charge >= 0.3 is 0 Å². The Morgan fingerprint density at radius 2 is 1.73 bits per heavy atom. The third-order valence-electron chi connectivity index (χ3n) is 6.86. The highest BCUT2D eigenvalue weighted by atomic mass is 35.5. The maximum Gasteiger partial charge on any atom is 0.300 e. The lowest BCUT2D eigenvalue weighted by molar-refractivity contribution is -0.132. The van der Waals surface area contributed by atoms with Crippen LogP contribution in [-0.2, 0) is 9.59 Å². The molecule has 8 nitrogen and oxygen atoms in total. The Kier molecular flexibility index (Phi) is 6.86. The van der Waals surface area contributed by atoms with E-state index < -0.39 is 17.7 Å². The number of aliphatic hydroxyl groups excluding tert-OH is 1. The van der Waals surface area contributed by atoms with Crippen molar-refractivity contribution in [1.29, 1.82) is 0 Å². The number of anilines is 2. The van der Waals surface area contributed by atoms with E-state index in [9.17, 15) is 14.7 Å². The van der Waals surface area contributed by atoms with Crippen LogP contribution < -0.4 is 14.5 Å². The Morgan fingerprint density at radius 1 is 1.03 bits per heavy atom. The fraction of sp³-hybridized carbons (Fsp3) is 0.250. The SMILES string of the molecule is COc1ccc(Cl)cc1/C(O)=C1\C(=O)C(=O)N(c2ccc(N3CCN(C)CC3)cc2)C1c1cccnc1. The van der Waals surface area contributed by atoms with Crippen molar-refractivity contribution in [1.82, 2.24) is 9.88 Å². The molecule has 1 N–H and O–H groups in total. The monoisotopic (exact) mass is 518 g/mol. The Morgan fingerprint density at radius 3 is 2.38 bits per heavy atom. The summed E-state index contributed by atoms with van der Waals surface area (Å²) in [7, 11) is 3.56. The molecular formula is C28H27ClN4O4. The molecule has 2 aliphatic rings. The highest BCUT2D eigenvalue weighted by Gasteiger charge is 2.47. The summed E-state index contributed by atoms with van der Waals surface area (Å²) >= 11 is 6.19. The van der Waals surface area contributed by atoms with E-state index in [4.69, 9.17) is 16.3 Å². The van der Waals surface area contributed by atoms with Crippen molar-refractivity contribution in [3.05, 3.63) is 88.7 Å². The van der Waals surface area contributed by atoms with Gasteiger partial charge in [0.2, 0.25) is 0 Å². The van der Waals surface area contributed by atoms with E-state index in [0.29, 0.717) is 22.0 Å². The molecule has 0 saturated carbocycles. The van der Waals surface area contributed by atoms with E-state index in [1.807, 2.05) is 24.3 Å². The molecule has 2 saturated heterocycles. The molecule has 0 spiro atoms. The summed E-state index contributed by atoms with van der Waals surface area (Å²) in [5.74, 6) is -1.56. The Bertz CT molecular complexity index is 1350. The highest BCUT2D eigenvalue weighted by Crippen LogP contribution is 2.43. The minimum absolute atomic E-state index is 0.0540. The molecular weight excluding hydrogens is 492 g/mol. The number of methoxy groups -OCH3 is 1. The summed E-state index contributed by atoms with van der Waals surface area (Å²) in [6.07, 6.45) is 3.20. The smallest absolute Gasteiger partial charge is 0.300 e. The zero-order chi connectivity index (χ0) is 26.1. The van der Waals surface area contributed by atoms with E-state index in [0.717, 1.165) is 31.9 Å². The normalized spacial score (nSPS) is 19.9. The number of carbonyl (C=O) groups excluding carboxylic acids is 2. The van der Waals surface area contributed by atoms with Crippen molar-refractivity contribution >= 4 is 40.4 Å². The van der Waals surface area contributed by atoms with Gasteiger partial charge in [-0.2, -0.15) is 0 Å². The second-order valence-corrected chi connectivity index (χ2v) is 9.54. The lowest BCUT2D eigenvalue weighted by Gasteiger charge is -2.34. The van der Waals surface area contributed by atoms with Crippen LogP contribution in [0, 0.1) is 0 Å². The maximum absolute atomic E-state index is 13.4. The van der Waals surface area contributed by atoms with Crippen LogP contribution in [0.2, 0.25) is 5.02 Å². The largest absolute Gasteiger partial charge is 0.507 e. The van der Waals surface area contributed by atoms with E-state index in [2.05, 4.69) is 21.8 Å². The standard InChI is InChI=1S/C28H27ClN4O4/c1-31-12-14-32(15-13-31)20-6-8-21(9-7-20)33-25(18-4-3-11-30-17-18)24(27(35)28(33)36)26(34)22-16-19(29)5-10-23(22)37-2/h3-11,16-17,25,34H,12-15H2,1-2H3/b26-24+. The fourth-order valence-electron chi connectivity index (χ4n) is 4.85. The molecule has 3 heterocycles. The summed E-state index contributed by atoms with van der Waals surface area (Å²) in [4.78, 5) is 37.0. The molecule has 2 aromatic carbocycles. The molecule has 0 bridgehead atoms. The number of rotatable bonds is 5. The van der Waals surface area contributed by atoms with Crippen molar-refractivity contribution in [3.63, 3.8) is 0 Å². The van der Waals surface area contributed by atoms with Crippen LogP contribution in [0.5, 0.6) is 5.75 Å². The zero-order valence-electron chi connectivity index (χ0n) is 20.6. The quantitative estimate of drug-likeness (QED) is 0.309. The number of Topliss-reactive ketones (excluding diaryl/α,β-unsaturated/α-hetero) is 1. The van der Waals surface area contributed by atoms with Gasteiger partial charge in [-0.3, -0.25) is 19.5 Å². The number of aliphatic hydroxyl groups is 1. The number of benzene rings is 2. The van der Waals surface area contributed by atoms with Crippen molar-refractivity contribution in [2.24, 2.45) is 0 Å². The van der Waals surface area contributed by atoms with Gasteiger partial charge in [-0.1, -0.05) is 17.7 Å². The molecule has 5 rings (SSSR count). The first-order valence-corrected chi connectivity index (χ1v) is 12.3. The van der Waals surface area contributed by atoms with Gasteiger partial charge in [-0.05, 0) is 61.1 Å². The van der Waals surface area contributed by atoms with E-state index in [1.54, 1.807) is 36.7 Å². The van der Waals surface area contributed by atoms with Gasteiger partial charge < -0.3 is 19.6 Å². The molecule has 1 atom stereocenters. The Balaban J connectivity index is 1.60. The first-order valence-electron chi connectivity index (χ1n) is 12.0. The van der Waals surface area contributed by atoms with Gasteiger partial charge in [0, 0.05) is 55.0 Å². The van der Waals surface area contributed by atoms with Crippen molar-refractivity contribution < 1.29 is 19.4 Å². The average Bonchev–Trinajstić information content (AvgIpc) is 3.19. The van der Waals surface area contributed by atoms with Gasteiger partial charge in [0.1, 0.15) is 11.5 Å². The third-order valence-corrected chi connectivity index (χ3v) is 7.09. The van der Waals surface area contributed by atoms with Crippen LogP contribution in [-0.4, -0.2) is 67.0 Å². The highest BCUT2D eigenvalue weighted by molar-refractivity contribution is 6.51. The number of likely N-dealkylation sites (N-methyl/N-ethyl adjacent to an activating group) is 1. The maximum atomic E-state index is 13.4. The first-order chi connectivity index (χ1) is 17.9. The zero-order valence-corrected chi connectivity index (χ0v) is 21.4. The van der Waals surface area contributed by atoms with E-state index in [1.165, 1.54) is 18.1 Å².